The van der Waals surface area contributed by atoms with E-state index in [-0.39, 0.29) is 5.76 Å². The van der Waals surface area contributed by atoms with Crippen LogP contribution in [0.5, 0.6) is 0 Å². The summed E-state index contributed by atoms with van der Waals surface area (Å²) in [6.07, 6.45) is 3.90. The molecule has 0 spiro atoms. The number of hydrogen-bond acceptors (Lipinski definition) is 3. The van der Waals surface area contributed by atoms with Crippen LogP contribution in [0.2, 0.25) is 0 Å². The van der Waals surface area contributed by atoms with Crippen molar-refractivity contribution in [3.05, 3.63) is 34.3 Å². The number of oxazole rings is 1. The average Bonchev–Trinajstić information content (AvgIpc) is 2.55. The number of H-pyrrole nitrogens is 1. The second-order valence-corrected chi connectivity index (χ2v) is 4.35. The molecule has 1 heterocycles. The van der Waals surface area contributed by atoms with Gasteiger partial charge in [0, 0.05) is 12.6 Å². The van der Waals surface area contributed by atoms with Crippen LogP contribution >= 0.6 is 0 Å². The molecule has 0 unspecified atom stereocenters. The van der Waals surface area contributed by atoms with E-state index in [1.165, 1.54) is 19.3 Å². The Kier molecular flexibility index (Phi) is 2.29. The first-order valence-electron chi connectivity index (χ1n) is 5.66. The minimum absolute atomic E-state index is 0.390. The van der Waals surface area contributed by atoms with Crippen molar-refractivity contribution in [2.24, 2.45) is 0 Å². The normalized spacial score (nSPS) is 16.5. The largest absolute Gasteiger partial charge is 0.417 e. The molecule has 84 valence electrons. The standard InChI is InChI=1S/C12H14N2O2/c15-12-14-10-5-4-8(6-11(10)16-12)7-13-9-2-1-3-9/h4-6,9,13H,1-3,7H2,(H,14,15). The molecule has 2 aromatic rings. The van der Waals surface area contributed by atoms with E-state index in [4.69, 9.17) is 4.42 Å². The molecule has 0 bridgehead atoms. The summed E-state index contributed by atoms with van der Waals surface area (Å²) in [7, 11) is 0. The van der Waals surface area contributed by atoms with Crippen LogP contribution in [0.4, 0.5) is 0 Å². The molecule has 1 saturated carbocycles. The first kappa shape index (κ1) is 9.66. The highest BCUT2D eigenvalue weighted by Gasteiger charge is 2.16. The molecule has 2 N–H and O–H groups in total. The maximum atomic E-state index is 11.0. The van der Waals surface area contributed by atoms with Crippen LogP contribution in [-0.4, -0.2) is 11.0 Å². The number of nitrogens with one attached hydrogen (secondary N) is 2. The molecule has 1 aliphatic rings. The summed E-state index contributed by atoms with van der Waals surface area (Å²) in [5.41, 5.74) is 2.55. The second kappa shape index (κ2) is 3.79. The Balaban J connectivity index is 1.78. The number of hydrogen-bond donors (Lipinski definition) is 2. The molecule has 1 aromatic heterocycles. The third-order valence-corrected chi connectivity index (χ3v) is 3.19. The van der Waals surface area contributed by atoms with Gasteiger partial charge in [-0.15, -0.1) is 0 Å². The Morgan fingerprint density at radius 1 is 1.44 bits per heavy atom. The van der Waals surface area contributed by atoms with Crippen LogP contribution in [0.15, 0.2) is 27.4 Å². The van der Waals surface area contributed by atoms with E-state index in [0.29, 0.717) is 11.6 Å². The molecule has 0 amide bonds. The van der Waals surface area contributed by atoms with Crippen molar-refractivity contribution in [3.63, 3.8) is 0 Å². The summed E-state index contributed by atoms with van der Waals surface area (Å²) in [4.78, 5) is 13.6. The molecule has 0 saturated heterocycles. The molecule has 16 heavy (non-hydrogen) atoms. The molecule has 0 radical (unpaired) electrons. The smallest absolute Gasteiger partial charge is 0.408 e. The van der Waals surface area contributed by atoms with Crippen molar-refractivity contribution < 1.29 is 4.42 Å². The van der Waals surface area contributed by atoms with E-state index in [2.05, 4.69) is 10.3 Å². The van der Waals surface area contributed by atoms with Crippen LogP contribution in [0.1, 0.15) is 24.8 Å². The molecule has 1 aromatic carbocycles. The minimum atomic E-state index is -0.390. The van der Waals surface area contributed by atoms with E-state index in [9.17, 15) is 4.79 Å². The van der Waals surface area contributed by atoms with Gasteiger partial charge in [-0.2, -0.15) is 0 Å². The van der Waals surface area contributed by atoms with E-state index in [1.807, 2.05) is 18.2 Å². The third-order valence-electron chi connectivity index (χ3n) is 3.19. The van der Waals surface area contributed by atoms with Crippen LogP contribution < -0.4 is 11.1 Å². The Hall–Kier alpha value is -1.55. The summed E-state index contributed by atoms with van der Waals surface area (Å²) in [6, 6.07) is 6.49. The van der Waals surface area contributed by atoms with Crippen molar-refractivity contribution in [1.82, 2.24) is 10.3 Å². The van der Waals surface area contributed by atoms with Gasteiger partial charge < -0.3 is 9.73 Å². The molecule has 1 fully saturated rings. The van der Waals surface area contributed by atoms with E-state index >= 15 is 0 Å². The SMILES string of the molecule is O=c1[nH]c2ccc(CNC3CCC3)cc2o1. The lowest BCUT2D eigenvalue weighted by Crippen LogP contribution is -2.34. The third kappa shape index (κ3) is 1.76. The average molecular weight is 218 g/mol. The fourth-order valence-electron chi connectivity index (χ4n) is 1.97. The zero-order chi connectivity index (χ0) is 11.0. The van der Waals surface area contributed by atoms with Gasteiger partial charge in [0.2, 0.25) is 0 Å². The molecule has 3 rings (SSSR count). The number of benzene rings is 1. The zero-order valence-electron chi connectivity index (χ0n) is 8.95. The van der Waals surface area contributed by atoms with Crippen LogP contribution in [0.3, 0.4) is 0 Å². The Morgan fingerprint density at radius 2 is 2.31 bits per heavy atom. The van der Waals surface area contributed by atoms with Gasteiger partial charge >= 0.3 is 5.76 Å². The topological polar surface area (TPSA) is 58.0 Å². The first-order chi connectivity index (χ1) is 7.81. The summed E-state index contributed by atoms with van der Waals surface area (Å²) in [5.74, 6) is -0.390. The Morgan fingerprint density at radius 3 is 3.06 bits per heavy atom. The molecule has 0 aliphatic heterocycles. The fourth-order valence-corrected chi connectivity index (χ4v) is 1.97. The zero-order valence-corrected chi connectivity index (χ0v) is 8.95. The maximum Gasteiger partial charge on any atom is 0.417 e. The van der Waals surface area contributed by atoms with Gasteiger partial charge in [0.25, 0.3) is 0 Å². The lowest BCUT2D eigenvalue weighted by Gasteiger charge is -2.26. The number of aromatic amines is 1. The molecule has 4 nitrogen and oxygen atoms in total. The van der Waals surface area contributed by atoms with Gasteiger partial charge in [0.15, 0.2) is 5.58 Å². The van der Waals surface area contributed by atoms with Crippen LogP contribution in [-0.2, 0) is 6.54 Å². The lowest BCUT2D eigenvalue weighted by atomic mass is 9.93. The summed E-state index contributed by atoms with van der Waals surface area (Å²) in [5, 5.41) is 3.48. The molecular formula is C12H14N2O2. The summed E-state index contributed by atoms with van der Waals surface area (Å²) < 4.78 is 5.02. The Bertz CT molecular complexity index is 551. The van der Waals surface area contributed by atoms with Crippen molar-refractivity contribution in [2.45, 2.75) is 31.8 Å². The van der Waals surface area contributed by atoms with Crippen LogP contribution in [0, 0.1) is 0 Å². The van der Waals surface area contributed by atoms with Gasteiger partial charge in [-0.3, -0.25) is 4.98 Å². The lowest BCUT2D eigenvalue weighted by molar-refractivity contribution is 0.338. The summed E-state index contributed by atoms with van der Waals surface area (Å²) >= 11 is 0. The summed E-state index contributed by atoms with van der Waals surface area (Å²) in [6.45, 7) is 0.843. The van der Waals surface area contributed by atoms with Gasteiger partial charge in [0.05, 0.1) is 5.52 Å². The van der Waals surface area contributed by atoms with Crippen molar-refractivity contribution in [3.8, 4) is 0 Å². The highest BCUT2D eigenvalue weighted by atomic mass is 16.4. The van der Waals surface area contributed by atoms with Crippen molar-refractivity contribution >= 4 is 11.1 Å². The second-order valence-electron chi connectivity index (χ2n) is 4.35. The Labute approximate surface area is 92.7 Å². The van der Waals surface area contributed by atoms with Crippen molar-refractivity contribution in [2.75, 3.05) is 0 Å². The predicted octanol–water partition coefficient (Wildman–Crippen LogP) is 1.76. The van der Waals surface area contributed by atoms with E-state index in [1.54, 1.807) is 0 Å². The number of fused-ring (bicyclic) bond motifs is 1. The van der Waals surface area contributed by atoms with E-state index < -0.39 is 0 Å². The van der Waals surface area contributed by atoms with Gasteiger partial charge in [-0.1, -0.05) is 12.5 Å². The number of rotatable bonds is 3. The molecule has 1 aliphatic carbocycles. The maximum absolute atomic E-state index is 11.0. The number of aromatic nitrogens is 1. The quantitative estimate of drug-likeness (QED) is 0.825. The molecule has 0 atom stereocenters. The first-order valence-corrected chi connectivity index (χ1v) is 5.66. The molecular weight excluding hydrogens is 204 g/mol. The minimum Gasteiger partial charge on any atom is -0.408 e. The van der Waals surface area contributed by atoms with Gasteiger partial charge in [-0.05, 0) is 30.5 Å². The van der Waals surface area contributed by atoms with Crippen molar-refractivity contribution in [1.29, 1.82) is 0 Å². The molecule has 4 heteroatoms. The van der Waals surface area contributed by atoms with Gasteiger partial charge in [-0.25, -0.2) is 4.79 Å². The predicted molar refractivity (Wildman–Crippen MR) is 61.3 cm³/mol. The monoisotopic (exact) mass is 218 g/mol. The van der Waals surface area contributed by atoms with Crippen LogP contribution in [0.25, 0.3) is 11.1 Å². The highest BCUT2D eigenvalue weighted by molar-refractivity contribution is 5.72. The van der Waals surface area contributed by atoms with Gasteiger partial charge in [0.1, 0.15) is 0 Å². The fraction of sp³-hybridized carbons (Fsp3) is 0.417. The highest BCUT2D eigenvalue weighted by Crippen LogP contribution is 2.19. The van der Waals surface area contributed by atoms with E-state index in [0.717, 1.165) is 17.6 Å².